The fourth-order valence-electron chi connectivity index (χ4n) is 1.93. The summed E-state index contributed by atoms with van der Waals surface area (Å²) in [4.78, 5) is 11.8. The summed E-state index contributed by atoms with van der Waals surface area (Å²) in [5, 5.41) is 5.85. The van der Waals surface area contributed by atoms with Gasteiger partial charge in [-0.05, 0) is 24.3 Å². The Bertz CT molecular complexity index is 456. The molecule has 0 spiro atoms. The van der Waals surface area contributed by atoms with Gasteiger partial charge in [0.25, 0.3) is 0 Å². The van der Waals surface area contributed by atoms with Gasteiger partial charge in [-0.15, -0.1) is 0 Å². The second-order valence-electron chi connectivity index (χ2n) is 4.55. The summed E-state index contributed by atoms with van der Waals surface area (Å²) >= 11 is 1.79. The van der Waals surface area contributed by atoms with Gasteiger partial charge in [-0.2, -0.15) is 24.9 Å². The van der Waals surface area contributed by atoms with Crippen molar-refractivity contribution in [3.05, 3.63) is 29.8 Å². The molecule has 1 aliphatic rings. The van der Waals surface area contributed by atoms with Crippen molar-refractivity contribution in [3.8, 4) is 0 Å². The minimum atomic E-state index is -4.36. The van der Waals surface area contributed by atoms with Crippen LogP contribution >= 0.6 is 11.8 Å². The maximum Gasteiger partial charge on any atom is 0.416 e. The number of hydrogen-bond acceptors (Lipinski definition) is 3. The highest BCUT2D eigenvalue weighted by molar-refractivity contribution is 7.99. The van der Waals surface area contributed by atoms with Gasteiger partial charge in [0.15, 0.2) is 0 Å². The smallest absolute Gasteiger partial charge is 0.326 e. The first kappa shape index (κ1) is 15.2. The van der Waals surface area contributed by atoms with E-state index in [4.69, 9.17) is 0 Å². The molecular formula is C13H15F3N2OS. The van der Waals surface area contributed by atoms with Crippen LogP contribution < -0.4 is 10.6 Å². The van der Waals surface area contributed by atoms with E-state index in [-0.39, 0.29) is 11.9 Å². The summed E-state index contributed by atoms with van der Waals surface area (Å²) in [5.41, 5.74) is -0.340. The van der Waals surface area contributed by atoms with Crippen molar-refractivity contribution < 1.29 is 18.0 Å². The SMILES string of the molecule is O=C(CC1CSCCN1)Nc1ccc(C(F)(F)F)cc1. The van der Waals surface area contributed by atoms with Crippen molar-refractivity contribution in [2.24, 2.45) is 0 Å². The van der Waals surface area contributed by atoms with E-state index in [9.17, 15) is 18.0 Å². The molecule has 20 heavy (non-hydrogen) atoms. The highest BCUT2D eigenvalue weighted by atomic mass is 32.2. The molecule has 0 aliphatic carbocycles. The lowest BCUT2D eigenvalue weighted by atomic mass is 10.2. The van der Waals surface area contributed by atoms with Crippen LogP contribution in [0.3, 0.4) is 0 Å². The summed E-state index contributed by atoms with van der Waals surface area (Å²) < 4.78 is 37.2. The molecule has 1 aliphatic heterocycles. The second kappa shape index (κ2) is 6.49. The van der Waals surface area contributed by atoms with E-state index < -0.39 is 11.7 Å². The van der Waals surface area contributed by atoms with E-state index in [1.54, 1.807) is 11.8 Å². The van der Waals surface area contributed by atoms with Gasteiger partial charge >= 0.3 is 6.18 Å². The van der Waals surface area contributed by atoms with Gasteiger partial charge in [-0.1, -0.05) is 0 Å². The van der Waals surface area contributed by atoms with Gasteiger partial charge in [-0.3, -0.25) is 4.79 Å². The highest BCUT2D eigenvalue weighted by Gasteiger charge is 2.30. The van der Waals surface area contributed by atoms with Crippen LogP contribution in [0.4, 0.5) is 18.9 Å². The van der Waals surface area contributed by atoms with Crippen molar-refractivity contribution in [2.75, 3.05) is 23.4 Å². The van der Waals surface area contributed by atoms with Gasteiger partial charge in [0, 0.05) is 36.2 Å². The third-order valence-electron chi connectivity index (χ3n) is 2.93. The van der Waals surface area contributed by atoms with Crippen LogP contribution in [0.5, 0.6) is 0 Å². The molecule has 1 aromatic carbocycles. The van der Waals surface area contributed by atoms with Crippen LogP contribution in [-0.4, -0.2) is 30.0 Å². The number of anilines is 1. The summed E-state index contributed by atoms with van der Waals surface area (Å²) in [6.45, 7) is 0.878. The standard InChI is InChI=1S/C13H15F3N2OS/c14-13(15,16)9-1-3-10(4-2-9)18-12(19)7-11-8-20-6-5-17-11/h1-4,11,17H,5-8H2,(H,18,19). The molecule has 0 bridgehead atoms. The number of nitrogens with one attached hydrogen (secondary N) is 2. The first-order valence-electron chi connectivity index (χ1n) is 6.23. The number of carbonyl (C=O) groups is 1. The molecule has 110 valence electrons. The fourth-order valence-corrected chi connectivity index (χ4v) is 2.88. The van der Waals surface area contributed by atoms with Crippen LogP contribution in [-0.2, 0) is 11.0 Å². The zero-order valence-electron chi connectivity index (χ0n) is 10.7. The van der Waals surface area contributed by atoms with E-state index >= 15 is 0 Å². The number of thioether (sulfide) groups is 1. The van der Waals surface area contributed by atoms with Crippen LogP contribution in [0, 0.1) is 0 Å². The molecule has 1 saturated heterocycles. The van der Waals surface area contributed by atoms with E-state index in [1.807, 2.05) is 0 Å². The van der Waals surface area contributed by atoms with Crippen molar-refractivity contribution in [1.29, 1.82) is 0 Å². The minimum Gasteiger partial charge on any atom is -0.326 e. The molecule has 1 amide bonds. The van der Waals surface area contributed by atoms with Gasteiger partial charge < -0.3 is 10.6 Å². The average molecular weight is 304 g/mol. The van der Waals surface area contributed by atoms with Crippen LogP contribution in [0.1, 0.15) is 12.0 Å². The molecule has 1 heterocycles. The Morgan fingerprint density at radius 2 is 2.05 bits per heavy atom. The molecule has 2 rings (SSSR count). The van der Waals surface area contributed by atoms with Crippen molar-refractivity contribution in [3.63, 3.8) is 0 Å². The molecule has 1 fully saturated rings. The Kier molecular flexibility index (Phi) is 4.93. The third-order valence-corrected chi connectivity index (χ3v) is 4.06. The number of hydrogen-bond donors (Lipinski definition) is 2. The Hall–Kier alpha value is -1.21. The first-order valence-corrected chi connectivity index (χ1v) is 7.39. The summed E-state index contributed by atoms with van der Waals surface area (Å²) in [5.74, 6) is 1.72. The molecule has 1 aromatic rings. The van der Waals surface area contributed by atoms with E-state index in [1.165, 1.54) is 12.1 Å². The van der Waals surface area contributed by atoms with Gasteiger partial charge in [0.05, 0.1) is 5.56 Å². The van der Waals surface area contributed by atoms with Crippen LogP contribution in [0.15, 0.2) is 24.3 Å². The third kappa shape index (κ3) is 4.42. The lowest BCUT2D eigenvalue weighted by Gasteiger charge is -2.22. The molecule has 3 nitrogen and oxygen atoms in total. The average Bonchev–Trinajstić information content (AvgIpc) is 2.39. The Morgan fingerprint density at radius 3 is 2.60 bits per heavy atom. The van der Waals surface area contributed by atoms with E-state index in [0.29, 0.717) is 12.1 Å². The Balaban J connectivity index is 1.87. The number of benzene rings is 1. The highest BCUT2D eigenvalue weighted by Crippen LogP contribution is 2.29. The van der Waals surface area contributed by atoms with Gasteiger partial charge in [0.1, 0.15) is 0 Å². The number of rotatable bonds is 3. The molecule has 0 saturated carbocycles. The zero-order valence-corrected chi connectivity index (χ0v) is 11.5. The zero-order chi connectivity index (χ0) is 14.6. The molecular weight excluding hydrogens is 289 g/mol. The van der Waals surface area contributed by atoms with Crippen LogP contribution in [0.25, 0.3) is 0 Å². The summed E-state index contributed by atoms with van der Waals surface area (Å²) in [6, 6.07) is 4.59. The van der Waals surface area contributed by atoms with Crippen molar-refractivity contribution in [2.45, 2.75) is 18.6 Å². The van der Waals surface area contributed by atoms with Crippen molar-refractivity contribution in [1.82, 2.24) is 5.32 Å². The maximum atomic E-state index is 12.4. The molecule has 0 aromatic heterocycles. The largest absolute Gasteiger partial charge is 0.416 e. The molecule has 7 heteroatoms. The maximum absolute atomic E-state index is 12.4. The molecule has 2 N–H and O–H groups in total. The number of carbonyl (C=O) groups excluding carboxylic acids is 1. The summed E-state index contributed by atoms with van der Waals surface area (Å²) in [7, 11) is 0. The minimum absolute atomic E-state index is 0.128. The van der Waals surface area contributed by atoms with E-state index in [0.717, 1.165) is 30.2 Å². The number of halogens is 3. The molecule has 1 atom stereocenters. The van der Waals surface area contributed by atoms with E-state index in [2.05, 4.69) is 10.6 Å². The first-order chi connectivity index (χ1) is 9.45. The fraction of sp³-hybridized carbons (Fsp3) is 0.462. The Morgan fingerprint density at radius 1 is 1.35 bits per heavy atom. The topological polar surface area (TPSA) is 41.1 Å². The molecule has 1 unspecified atom stereocenters. The monoisotopic (exact) mass is 304 g/mol. The predicted octanol–water partition coefficient (Wildman–Crippen LogP) is 2.74. The van der Waals surface area contributed by atoms with Gasteiger partial charge in [-0.25, -0.2) is 0 Å². The second-order valence-corrected chi connectivity index (χ2v) is 5.70. The quantitative estimate of drug-likeness (QED) is 0.902. The normalized spacial score (nSPS) is 19.6. The summed E-state index contributed by atoms with van der Waals surface area (Å²) in [6.07, 6.45) is -4.03. The van der Waals surface area contributed by atoms with Crippen molar-refractivity contribution >= 4 is 23.4 Å². The number of amides is 1. The van der Waals surface area contributed by atoms with Crippen LogP contribution in [0.2, 0.25) is 0 Å². The predicted molar refractivity (Wildman–Crippen MR) is 73.8 cm³/mol. The molecule has 0 radical (unpaired) electrons. The Labute approximate surface area is 119 Å². The van der Waals surface area contributed by atoms with Gasteiger partial charge in [0.2, 0.25) is 5.91 Å². The number of alkyl halides is 3. The lowest BCUT2D eigenvalue weighted by molar-refractivity contribution is -0.137. The lowest BCUT2D eigenvalue weighted by Crippen LogP contribution is -2.39.